The van der Waals surface area contributed by atoms with Gasteiger partial charge in [-0.05, 0) is 11.5 Å². The summed E-state index contributed by atoms with van der Waals surface area (Å²) in [7, 11) is 0. The SMILES string of the molecule is NC(=O)COc1cccc2ccccc12. The minimum absolute atomic E-state index is 0.0893. The van der Waals surface area contributed by atoms with Gasteiger partial charge in [0.15, 0.2) is 6.61 Å². The van der Waals surface area contributed by atoms with Crippen molar-refractivity contribution in [1.29, 1.82) is 0 Å². The number of hydrogen-bond donors (Lipinski definition) is 1. The summed E-state index contributed by atoms with van der Waals surface area (Å²) in [5, 5.41) is 2.07. The van der Waals surface area contributed by atoms with Crippen LogP contribution in [-0.2, 0) is 4.79 Å². The average Bonchev–Trinajstić information content (AvgIpc) is 2.26. The van der Waals surface area contributed by atoms with Crippen molar-refractivity contribution in [2.24, 2.45) is 5.73 Å². The van der Waals surface area contributed by atoms with Gasteiger partial charge >= 0.3 is 0 Å². The van der Waals surface area contributed by atoms with E-state index in [0.29, 0.717) is 5.75 Å². The molecular weight excluding hydrogens is 190 g/mol. The van der Waals surface area contributed by atoms with E-state index < -0.39 is 5.91 Å². The first kappa shape index (κ1) is 9.52. The molecule has 0 spiro atoms. The molecule has 0 heterocycles. The van der Waals surface area contributed by atoms with Gasteiger partial charge in [-0.2, -0.15) is 0 Å². The van der Waals surface area contributed by atoms with Crippen LogP contribution in [-0.4, -0.2) is 12.5 Å². The summed E-state index contributed by atoms with van der Waals surface area (Å²) in [6.45, 7) is -0.0893. The van der Waals surface area contributed by atoms with Crippen molar-refractivity contribution < 1.29 is 9.53 Å². The Labute approximate surface area is 87.5 Å². The highest BCUT2D eigenvalue weighted by Gasteiger charge is 2.02. The molecule has 0 atom stereocenters. The Kier molecular flexibility index (Phi) is 2.54. The van der Waals surface area contributed by atoms with Gasteiger partial charge in [0.2, 0.25) is 0 Å². The average molecular weight is 201 g/mol. The van der Waals surface area contributed by atoms with Gasteiger partial charge in [-0.1, -0.05) is 36.4 Å². The molecule has 0 fully saturated rings. The second kappa shape index (κ2) is 4.00. The Morgan fingerprint density at radius 2 is 1.87 bits per heavy atom. The third-order valence-electron chi connectivity index (χ3n) is 2.12. The summed E-state index contributed by atoms with van der Waals surface area (Å²) < 4.78 is 5.31. The van der Waals surface area contributed by atoms with Crippen LogP contribution in [0, 0.1) is 0 Å². The van der Waals surface area contributed by atoms with Crippen LogP contribution in [0.3, 0.4) is 0 Å². The number of fused-ring (bicyclic) bond motifs is 1. The van der Waals surface area contributed by atoms with Gasteiger partial charge in [-0.15, -0.1) is 0 Å². The lowest BCUT2D eigenvalue weighted by molar-refractivity contribution is -0.119. The maximum Gasteiger partial charge on any atom is 0.255 e. The zero-order valence-corrected chi connectivity index (χ0v) is 8.14. The molecule has 0 unspecified atom stereocenters. The van der Waals surface area contributed by atoms with Crippen molar-refractivity contribution in [3.63, 3.8) is 0 Å². The summed E-state index contributed by atoms with van der Waals surface area (Å²) >= 11 is 0. The van der Waals surface area contributed by atoms with Crippen molar-refractivity contribution in [2.45, 2.75) is 0 Å². The fraction of sp³-hybridized carbons (Fsp3) is 0.0833. The summed E-state index contributed by atoms with van der Waals surface area (Å²) in [6.07, 6.45) is 0. The number of amides is 1. The summed E-state index contributed by atoms with van der Waals surface area (Å²) in [5.41, 5.74) is 5.02. The molecule has 2 aromatic carbocycles. The van der Waals surface area contributed by atoms with Crippen molar-refractivity contribution in [3.05, 3.63) is 42.5 Å². The highest BCUT2D eigenvalue weighted by atomic mass is 16.5. The number of hydrogen-bond acceptors (Lipinski definition) is 2. The molecule has 0 bridgehead atoms. The van der Waals surface area contributed by atoms with E-state index in [1.807, 2.05) is 42.5 Å². The second-order valence-electron chi connectivity index (χ2n) is 3.23. The van der Waals surface area contributed by atoms with Gasteiger partial charge in [0.05, 0.1) is 0 Å². The van der Waals surface area contributed by atoms with Crippen LogP contribution >= 0.6 is 0 Å². The topological polar surface area (TPSA) is 52.3 Å². The lowest BCUT2D eigenvalue weighted by atomic mass is 10.1. The Morgan fingerprint density at radius 3 is 2.67 bits per heavy atom. The van der Waals surface area contributed by atoms with Crippen molar-refractivity contribution in [2.75, 3.05) is 6.61 Å². The minimum atomic E-state index is -0.470. The van der Waals surface area contributed by atoms with E-state index in [4.69, 9.17) is 10.5 Å². The van der Waals surface area contributed by atoms with Crippen LogP contribution in [0.5, 0.6) is 5.75 Å². The zero-order chi connectivity index (χ0) is 10.7. The number of ether oxygens (including phenoxy) is 1. The quantitative estimate of drug-likeness (QED) is 0.821. The van der Waals surface area contributed by atoms with E-state index >= 15 is 0 Å². The maximum atomic E-state index is 10.6. The van der Waals surface area contributed by atoms with E-state index in [1.165, 1.54) is 0 Å². The molecule has 76 valence electrons. The molecular formula is C12H11NO2. The van der Waals surface area contributed by atoms with Crippen LogP contribution in [0.2, 0.25) is 0 Å². The van der Waals surface area contributed by atoms with E-state index in [-0.39, 0.29) is 6.61 Å². The molecule has 15 heavy (non-hydrogen) atoms. The Hall–Kier alpha value is -2.03. The second-order valence-corrected chi connectivity index (χ2v) is 3.23. The van der Waals surface area contributed by atoms with Gasteiger partial charge in [0.25, 0.3) is 5.91 Å². The van der Waals surface area contributed by atoms with Gasteiger partial charge in [-0.25, -0.2) is 0 Å². The van der Waals surface area contributed by atoms with Crippen LogP contribution in [0.25, 0.3) is 10.8 Å². The van der Waals surface area contributed by atoms with Gasteiger partial charge < -0.3 is 10.5 Å². The number of primary amides is 1. The molecule has 0 aliphatic rings. The maximum absolute atomic E-state index is 10.6. The first-order chi connectivity index (χ1) is 7.27. The molecule has 0 aliphatic heterocycles. The van der Waals surface area contributed by atoms with Gasteiger partial charge in [-0.3, -0.25) is 4.79 Å². The molecule has 0 saturated heterocycles. The first-order valence-electron chi connectivity index (χ1n) is 4.66. The lowest BCUT2D eigenvalue weighted by Gasteiger charge is -2.06. The Morgan fingerprint density at radius 1 is 1.13 bits per heavy atom. The van der Waals surface area contributed by atoms with Gasteiger partial charge in [0, 0.05) is 5.39 Å². The number of rotatable bonds is 3. The number of benzene rings is 2. The third-order valence-corrected chi connectivity index (χ3v) is 2.12. The lowest BCUT2D eigenvalue weighted by Crippen LogP contribution is -2.20. The van der Waals surface area contributed by atoms with Crippen LogP contribution in [0.1, 0.15) is 0 Å². The molecule has 1 amide bonds. The van der Waals surface area contributed by atoms with E-state index in [9.17, 15) is 4.79 Å². The fourth-order valence-electron chi connectivity index (χ4n) is 1.47. The zero-order valence-electron chi connectivity index (χ0n) is 8.14. The minimum Gasteiger partial charge on any atom is -0.483 e. The summed E-state index contributed by atoms with van der Waals surface area (Å²) in [5.74, 6) is 0.217. The molecule has 0 radical (unpaired) electrons. The number of nitrogens with two attached hydrogens (primary N) is 1. The van der Waals surface area contributed by atoms with Crippen LogP contribution < -0.4 is 10.5 Å². The molecule has 2 N–H and O–H groups in total. The van der Waals surface area contributed by atoms with Crippen LogP contribution in [0.4, 0.5) is 0 Å². The van der Waals surface area contributed by atoms with E-state index in [2.05, 4.69) is 0 Å². The van der Waals surface area contributed by atoms with E-state index in [0.717, 1.165) is 10.8 Å². The van der Waals surface area contributed by atoms with Crippen LogP contribution in [0.15, 0.2) is 42.5 Å². The molecule has 0 saturated carbocycles. The van der Waals surface area contributed by atoms with Crippen molar-refractivity contribution in [1.82, 2.24) is 0 Å². The van der Waals surface area contributed by atoms with Crippen molar-refractivity contribution in [3.8, 4) is 5.75 Å². The molecule has 2 rings (SSSR count). The summed E-state index contributed by atoms with van der Waals surface area (Å²) in [4.78, 5) is 10.6. The smallest absolute Gasteiger partial charge is 0.255 e. The molecule has 2 aromatic rings. The predicted molar refractivity (Wildman–Crippen MR) is 58.6 cm³/mol. The highest BCUT2D eigenvalue weighted by molar-refractivity contribution is 5.88. The van der Waals surface area contributed by atoms with E-state index in [1.54, 1.807) is 0 Å². The Bertz CT molecular complexity index is 488. The molecule has 3 nitrogen and oxygen atoms in total. The highest BCUT2D eigenvalue weighted by Crippen LogP contribution is 2.24. The van der Waals surface area contributed by atoms with Gasteiger partial charge in [0.1, 0.15) is 5.75 Å². The Balaban J connectivity index is 2.38. The fourth-order valence-corrected chi connectivity index (χ4v) is 1.47. The number of carbonyl (C=O) groups is 1. The first-order valence-corrected chi connectivity index (χ1v) is 4.66. The monoisotopic (exact) mass is 201 g/mol. The summed E-state index contributed by atoms with van der Waals surface area (Å²) in [6, 6.07) is 13.5. The molecule has 0 aromatic heterocycles. The van der Waals surface area contributed by atoms with Crippen molar-refractivity contribution >= 4 is 16.7 Å². The predicted octanol–water partition coefficient (Wildman–Crippen LogP) is 1.70. The molecule has 3 heteroatoms. The molecule has 0 aliphatic carbocycles. The normalized spacial score (nSPS) is 10.1. The third kappa shape index (κ3) is 2.07. The largest absolute Gasteiger partial charge is 0.483 e. The standard InChI is InChI=1S/C12H11NO2/c13-12(14)8-15-11-7-3-5-9-4-1-2-6-10(9)11/h1-7H,8H2,(H2,13,14). The number of carbonyl (C=O) groups excluding carboxylic acids is 1.